The summed E-state index contributed by atoms with van der Waals surface area (Å²) < 4.78 is 0. The third-order valence-electron chi connectivity index (χ3n) is 1.74. The van der Waals surface area contributed by atoms with E-state index in [1.807, 2.05) is 6.07 Å². The normalized spacial score (nSPS) is 10.9. The molecule has 1 heterocycles. The lowest BCUT2D eigenvalue weighted by Crippen LogP contribution is -2.09. The van der Waals surface area contributed by atoms with Gasteiger partial charge in [-0.2, -0.15) is 5.26 Å². The van der Waals surface area contributed by atoms with Gasteiger partial charge in [-0.1, -0.05) is 16.8 Å². The van der Waals surface area contributed by atoms with Gasteiger partial charge in [-0.25, -0.2) is 4.98 Å². The number of oxime groups is 1. The highest BCUT2D eigenvalue weighted by molar-refractivity contribution is 6.30. The van der Waals surface area contributed by atoms with Crippen LogP contribution in [0.5, 0.6) is 0 Å². The van der Waals surface area contributed by atoms with Crippen molar-refractivity contribution in [3.8, 4) is 6.07 Å². The second-order valence-electron chi connectivity index (χ2n) is 2.91. The smallest absolute Gasteiger partial charge is 0.149 e. The zero-order valence-electron chi connectivity index (χ0n) is 8.24. The number of amidine groups is 1. The van der Waals surface area contributed by atoms with Crippen LogP contribution in [-0.2, 0) is 0 Å². The number of hydrogen-bond donors (Lipinski definition) is 2. The van der Waals surface area contributed by atoms with E-state index >= 15 is 0 Å². The van der Waals surface area contributed by atoms with Gasteiger partial charge in [0.15, 0.2) is 0 Å². The summed E-state index contributed by atoms with van der Waals surface area (Å²) in [4.78, 5) is 3.93. The van der Waals surface area contributed by atoms with Crippen LogP contribution in [0.4, 0.5) is 5.82 Å². The van der Waals surface area contributed by atoms with E-state index in [-0.39, 0.29) is 5.15 Å². The molecular formula is C9H9ClN4O. The van der Waals surface area contributed by atoms with E-state index in [0.29, 0.717) is 22.8 Å². The van der Waals surface area contributed by atoms with Gasteiger partial charge >= 0.3 is 0 Å². The Morgan fingerprint density at radius 2 is 2.40 bits per heavy atom. The van der Waals surface area contributed by atoms with Crippen LogP contribution in [0.15, 0.2) is 11.2 Å². The van der Waals surface area contributed by atoms with Crippen LogP contribution in [0.1, 0.15) is 18.1 Å². The van der Waals surface area contributed by atoms with Crippen molar-refractivity contribution >= 4 is 23.3 Å². The van der Waals surface area contributed by atoms with E-state index in [1.165, 1.54) is 0 Å². The summed E-state index contributed by atoms with van der Waals surface area (Å²) in [7, 11) is 0. The highest BCUT2D eigenvalue weighted by Gasteiger charge is 2.07. The molecule has 5 nitrogen and oxygen atoms in total. The summed E-state index contributed by atoms with van der Waals surface area (Å²) in [5, 5.41) is 23.0. The molecular weight excluding hydrogens is 216 g/mol. The van der Waals surface area contributed by atoms with E-state index in [2.05, 4.69) is 15.5 Å². The third-order valence-corrected chi connectivity index (χ3v) is 2.02. The molecule has 0 amide bonds. The van der Waals surface area contributed by atoms with Crippen molar-refractivity contribution < 1.29 is 5.21 Å². The molecule has 0 fully saturated rings. The Kier molecular flexibility index (Phi) is 3.47. The standard InChI is InChI=1S/C9H9ClN4O/c1-5-3-8(12-6(2)14-15)13-9(10)7(5)4-11/h3,15H,1-2H3,(H,12,13,14). The summed E-state index contributed by atoms with van der Waals surface area (Å²) in [5.74, 6) is 0.731. The van der Waals surface area contributed by atoms with Gasteiger partial charge in [-0.3, -0.25) is 0 Å². The Labute approximate surface area is 92.0 Å². The average molecular weight is 225 g/mol. The van der Waals surface area contributed by atoms with Crippen molar-refractivity contribution in [2.24, 2.45) is 5.16 Å². The third kappa shape index (κ3) is 2.58. The first-order chi connectivity index (χ1) is 7.08. The SMILES string of the molecule is CC(=NO)Nc1cc(C)c(C#N)c(Cl)n1. The van der Waals surface area contributed by atoms with Crippen LogP contribution in [-0.4, -0.2) is 16.0 Å². The van der Waals surface area contributed by atoms with E-state index in [0.717, 1.165) is 0 Å². The lowest BCUT2D eigenvalue weighted by atomic mass is 10.2. The second kappa shape index (κ2) is 4.62. The highest BCUT2D eigenvalue weighted by Crippen LogP contribution is 2.20. The monoisotopic (exact) mass is 224 g/mol. The van der Waals surface area contributed by atoms with Gasteiger partial charge in [0, 0.05) is 0 Å². The van der Waals surface area contributed by atoms with Crippen molar-refractivity contribution in [2.75, 3.05) is 5.32 Å². The molecule has 0 bridgehead atoms. The fourth-order valence-corrected chi connectivity index (χ4v) is 1.32. The first-order valence-electron chi connectivity index (χ1n) is 4.11. The lowest BCUT2D eigenvalue weighted by molar-refractivity contribution is 0.318. The second-order valence-corrected chi connectivity index (χ2v) is 3.27. The molecule has 6 heteroatoms. The number of halogens is 1. The summed E-state index contributed by atoms with van der Waals surface area (Å²) in [6.45, 7) is 3.33. The lowest BCUT2D eigenvalue weighted by Gasteiger charge is -2.06. The Balaban J connectivity index is 3.10. The van der Waals surface area contributed by atoms with Gasteiger partial charge in [0.1, 0.15) is 22.9 Å². The van der Waals surface area contributed by atoms with Crippen LogP contribution in [0, 0.1) is 18.3 Å². The van der Waals surface area contributed by atoms with E-state index in [9.17, 15) is 0 Å². The maximum atomic E-state index is 8.76. The number of nitrogens with zero attached hydrogens (tertiary/aromatic N) is 3. The molecule has 0 aromatic carbocycles. The van der Waals surface area contributed by atoms with Crippen LogP contribution in [0.25, 0.3) is 0 Å². The van der Waals surface area contributed by atoms with E-state index < -0.39 is 0 Å². The van der Waals surface area contributed by atoms with Crippen LogP contribution < -0.4 is 5.32 Å². The van der Waals surface area contributed by atoms with Gasteiger partial charge in [0.2, 0.25) is 0 Å². The number of nitriles is 1. The van der Waals surface area contributed by atoms with Crippen molar-refractivity contribution in [1.82, 2.24) is 4.98 Å². The van der Waals surface area contributed by atoms with Crippen LogP contribution in [0.2, 0.25) is 5.15 Å². The van der Waals surface area contributed by atoms with Gasteiger partial charge in [-0.15, -0.1) is 0 Å². The number of pyridine rings is 1. The average Bonchev–Trinajstić information content (AvgIpc) is 2.17. The fourth-order valence-electron chi connectivity index (χ4n) is 1.04. The molecule has 0 saturated carbocycles. The molecule has 0 atom stereocenters. The summed E-state index contributed by atoms with van der Waals surface area (Å²) in [6, 6.07) is 3.61. The largest absolute Gasteiger partial charge is 0.409 e. The van der Waals surface area contributed by atoms with E-state index in [4.69, 9.17) is 22.1 Å². The molecule has 1 aromatic heterocycles. The number of aromatic nitrogens is 1. The molecule has 2 N–H and O–H groups in total. The summed E-state index contributed by atoms with van der Waals surface area (Å²) >= 11 is 5.79. The highest BCUT2D eigenvalue weighted by atomic mass is 35.5. The Morgan fingerprint density at radius 1 is 1.73 bits per heavy atom. The topological polar surface area (TPSA) is 81.3 Å². The minimum absolute atomic E-state index is 0.130. The molecule has 0 aliphatic carbocycles. The predicted octanol–water partition coefficient (Wildman–Crippen LogP) is 2.13. The number of hydrogen-bond acceptors (Lipinski definition) is 4. The van der Waals surface area contributed by atoms with Gasteiger partial charge in [-0.05, 0) is 25.5 Å². The van der Waals surface area contributed by atoms with Crippen molar-refractivity contribution in [3.05, 3.63) is 22.3 Å². The van der Waals surface area contributed by atoms with Crippen molar-refractivity contribution in [1.29, 1.82) is 5.26 Å². The molecule has 0 aliphatic rings. The van der Waals surface area contributed by atoms with Gasteiger partial charge < -0.3 is 10.5 Å². The van der Waals surface area contributed by atoms with Crippen molar-refractivity contribution in [2.45, 2.75) is 13.8 Å². The Bertz CT molecular complexity index is 427. The Hall–Kier alpha value is -1.80. The maximum absolute atomic E-state index is 8.76. The van der Waals surface area contributed by atoms with Crippen LogP contribution in [0.3, 0.4) is 0 Å². The Morgan fingerprint density at radius 3 is 2.87 bits per heavy atom. The molecule has 78 valence electrons. The molecule has 1 rings (SSSR count). The fraction of sp³-hybridized carbons (Fsp3) is 0.222. The van der Waals surface area contributed by atoms with E-state index in [1.54, 1.807) is 19.9 Å². The summed E-state index contributed by atoms with van der Waals surface area (Å²) in [6.07, 6.45) is 0. The number of anilines is 1. The summed E-state index contributed by atoms with van der Waals surface area (Å²) in [5.41, 5.74) is 1.06. The zero-order chi connectivity index (χ0) is 11.4. The zero-order valence-corrected chi connectivity index (χ0v) is 9.00. The first kappa shape index (κ1) is 11.3. The molecule has 1 aromatic rings. The molecule has 15 heavy (non-hydrogen) atoms. The molecule has 0 aliphatic heterocycles. The maximum Gasteiger partial charge on any atom is 0.149 e. The molecule has 0 radical (unpaired) electrons. The number of rotatable bonds is 1. The number of nitrogens with one attached hydrogen (secondary N) is 1. The minimum atomic E-state index is 0.130. The minimum Gasteiger partial charge on any atom is -0.409 e. The molecule has 0 saturated heterocycles. The first-order valence-corrected chi connectivity index (χ1v) is 4.49. The quantitative estimate of drug-likeness (QED) is 0.252. The van der Waals surface area contributed by atoms with Gasteiger partial charge in [0.25, 0.3) is 0 Å². The van der Waals surface area contributed by atoms with Crippen LogP contribution >= 0.6 is 11.6 Å². The number of aryl methyl sites for hydroxylation is 1. The van der Waals surface area contributed by atoms with Gasteiger partial charge in [0.05, 0.1) is 5.56 Å². The predicted molar refractivity (Wildman–Crippen MR) is 57.2 cm³/mol. The van der Waals surface area contributed by atoms with Crippen molar-refractivity contribution in [3.63, 3.8) is 0 Å². The molecule has 0 spiro atoms. The molecule has 0 unspecified atom stereocenters.